The summed E-state index contributed by atoms with van der Waals surface area (Å²) >= 11 is 0. The van der Waals surface area contributed by atoms with Crippen LogP contribution in [0, 0.1) is 6.92 Å². The molecule has 0 aliphatic carbocycles. The van der Waals surface area contributed by atoms with Crippen LogP contribution >= 0.6 is 0 Å². The molecule has 0 spiro atoms. The van der Waals surface area contributed by atoms with Crippen molar-refractivity contribution in [2.24, 2.45) is 5.73 Å². The Kier molecular flexibility index (Phi) is 2.63. The molecule has 3 rings (SSSR count). The molecule has 1 aliphatic heterocycles. The molecular weight excluding hydrogens is 246 g/mol. The third kappa shape index (κ3) is 1.82. The van der Waals surface area contributed by atoms with E-state index in [1.54, 1.807) is 13.1 Å². The van der Waals surface area contributed by atoms with Crippen LogP contribution in [0.2, 0.25) is 0 Å². The fraction of sp³-hybridized carbons (Fsp3) is 0.417. The molecule has 1 amide bonds. The van der Waals surface area contributed by atoms with Crippen molar-refractivity contribution in [1.82, 2.24) is 14.5 Å². The molecule has 2 aromatic rings. The van der Waals surface area contributed by atoms with Gasteiger partial charge < -0.3 is 20.8 Å². The number of nitrogens with two attached hydrogens (primary N) is 2. The van der Waals surface area contributed by atoms with Crippen molar-refractivity contribution in [3.8, 4) is 0 Å². The fourth-order valence-corrected chi connectivity index (χ4v) is 2.48. The summed E-state index contributed by atoms with van der Waals surface area (Å²) in [6.45, 7) is 2.46. The van der Waals surface area contributed by atoms with Crippen molar-refractivity contribution in [2.75, 3.05) is 12.3 Å². The minimum absolute atomic E-state index is 0.121. The van der Waals surface area contributed by atoms with Gasteiger partial charge in [0.1, 0.15) is 23.5 Å². The average molecular weight is 261 g/mol. The first-order chi connectivity index (χ1) is 9.08. The molecule has 1 aliphatic rings. The number of hydrogen-bond donors (Lipinski definition) is 2. The highest BCUT2D eigenvalue weighted by Gasteiger charge is 2.24. The maximum Gasteiger partial charge on any atom is 0.251 e. The number of hydrogen-bond acceptors (Lipinski definition) is 5. The Hall–Kier alpha value is -2.15. The van der Waals surface area contributed by atoms with Gasteiger partial charge in [-0.15, -0.1) is 0 Å². The number of primary amides is 1. The zero-order chi connectivity index (χ0) is 13.6. The Morgan fingerprint density at radius 3 is 2.95 bits per heavy atom. The van der Waals surface area contributed by atoms with Gasteiger partial charge in [0.15, 0.2) is 0 Å². The topological polar surface area (TPSA) is 109 Å². The highest BCUT2D eigenvalue weighted by atomic mass is 16.5. The number of aryl methyl sites for hydroxylation is 1. The lowest BCUT2D eigenvalue weighted by Crippen LogP contribution is -2.11. The van der Waals surface area contributed by atoms with Gasteiger partial charge in [0.05, 0.1) is 10.9 Å². The Morgan fingerprint density at radius 1 is 1.53 bits per heavy atom. The van der Waals surface area contributed by atoms with Crippen molar-refractivity contribution in [2.45, 2.75) is 26.0 Å². The van der Waals surface area contributed by atoms with Crippen LogP contribution in [-0.4, -0.2) is 27.0 Å². The van der Waals surface area contributed by atoms with Crippen molar-refractivity contribution in [3.05, 3.63) is 17.6 Å². The van der Waals surface area contributed by atoms with Crippen molar-refractivity contribution in [1.29, 1.82) is 0 Å². The molecule has 100 valence electrons. The molecule has 4 N–H and O–H groups in total. The van der Waals surface area contributed by atoms with E-state index in [0.29, 0.717) is 29.0 Å². The summed E-state index contributed by atoms with van der Waals surface area (Å²) in [5.74, 6) is 0.285. The second-order valence-electron chi connectivity index (χ2n) is 4.64. The van der Waals surface area contributed by atoms with Gasteiger partial charge in [0, 0.05) is 12.8 Å². The van der Waals surface area contributed by atoms with Crippen LogP contribution < -0.4 is 11.5 Å². The van der Waals surface area contributed by atoms with Crippen LogP contribution in [0.15, 0.2) is 6.20 Å². The number of carbonyl (C=O) groups excluding carboxylic acids is 1. The van der Waals surface area contributed by atoms with Gasteiger partial charge in [0.2, 0.25) is 0 Å². The van der Waals surface area contributed by atoms with Gasteiger partial charge in [-0.05, 0) is 19.8 Å². The molecular formula is C12H15N5O2. The molecule has 0 bridgehead atoms. The molecule has 1 saturated heterocycles. The highest BCUT2D eigenvalue weighted by Crippen LogP contribution is 2.31. The number of amides is 1. The van der Waals surface area contributed by atoms with E-state index in [-0.39, 0.29) is 12.0 Å². The number of anilines is 1. The molecule has 0 aromatic carbocycles. The predicted octanol–water partition coefficient (Wildman–Crippen LogP) is 0.730. The first-order valence-corrected chi connectivity index (χ1v) is 6.14. The zero-order valence-corrected chi connectivity index (χ0v) is 10.6. The lowest BCUT2D eigenvalue weighted by Gasteiger charge is -2.12. The number of aromatic nitrogens is 3. The first-order valence-electron chi connectivity index (χ1n) is 6.14. The summed E-state index contributed by atoms with van der Waals surface area (Å²) in [5.41, 5.74) is 12.2. The van der Waals surface area contributed by atoms with E-state index >= 15 is 0 Å². The summed E-state index contributed by atoms with van der Waals surface area (Å²) in [5, 5.41) is 0.508. The molecule has 7 nitrogen and oxygen atoms in total. The number of nitrogen functional groups attached to an aromatic ring is 1. The van der Waals surface area contributed by atoms with Crippen molar-refractivity contribution in [3.63, 3.8) is 0 Å². The maximum atomic E-state index is 11.5. The summed E-state index contributed by atoms with van der Waals surface area (Å²) in [7, 11) is 0. The molecule has 1 fully saturated rings. The molecule has 3 heterocycles. The molecule has 7 heteroatoms. The molecule has 0 unspecified atom stereocenters. The van der Waals surface area contributed by atoms with E-state index in [2.05, 4.69) is 9.97 Å². The molecule has 19 heavy (non-hydrogen) atoms. The van der Waals surface area contributed by atoms with Crippen LogP contribution in [0.25, 0.3) is 11.0 Å². The quantitative estimate of drug-likeness (QED) is 0.828. The standard InChI is InChI=1S/C12H15N5O2/c1-6-15-10(13)9-7(11(14)18)5-17(12(9)16-6)8-3-2-4-19-8/h5,8H,2-4H2,1H3,(H2,14,18)(H2,13,15,16)/t8-/m1/s1. The second-order valence-corrected chi connectivity index (χ2v) is 4.64. The average Bonchev–Trinajstić information content (AvgIpc) is 2.93. The third-order valence-corrected chi connectivity index (χ3v) is 3.29. The summed E-state index contributed by atoms with van der Waals surface area (Å²) in [6.07, 6.45) is 3.40. The molecule has 0 radical (unpaired) electrons. The van der Waals surface area contributed by atoms with Gasteiger partial charge in [0.25, 0.3) is 5.91 Å². The van der Waals surface area contributed by atoms with E-state index in [1.165, 1.54) is 0 Å². The Balaban J connectivity index is 2.30. The monoisotopic (exact) mass is 261 g/mol. The minimum atomic E-state index is -0.541. The second kappa shape index (κ2) is 4.20. The summed E-state index contributed by atoms with van der Waals surface area (Å²) in [6, 6.07) is 0. The van der Waals surface area contributed by atoms with Crippen LogP contribution in [0.4, 0.5) is 5.82 Å². The lowest BCUT2D eigenvalue weighted by molar-refractivity contribution is 0.0596. The van der Waals surface area contributed by atoms with Crippen LogP contribution in [0.3, 0.4) is 0 Å². The predicted molar refractivity (Wildman–Crippen MR) is 69.4 cm³/mol. The third-order valence-electron chi connectivity index (χ3n) is 3.29. The van der Waals surface area contributed by atoms with Gasteiger partial charge in [-0.2, -0.15) is 0 Å². The van der Waals surface area contributed by atoms with Crippen LogP contribution in [0.5, 0.6) is 0 Å². The molecule has 1 atom stereocenters. The summed E-state index contributed by atoms with van der Waals surface area (Å²) in [4.78, 5) is 20.0. The van der Waals surface area contributed by atoms with Gasteiger partial charge >= 0.3 is 0 Å². The zero-order valence-electron chi connectivity index (χ0n) is 10.6. The van der Waals surface area contributed by atoms with Crippen molar-refractivity contribution >= 4 is 22.8 Å². The fourth-order valence-electron chi connectivity index (χ4n) is 2.48. The number of carbonyl (C=O) groups is 1. The Bertz CT molecular complexity index is 658. The van der Waals surface area contributed by atoms with E-state index in [1.807, 2.05) is 4.57 Å². The number of ether oxygens (including phenoxy) is 1. The van der Waals surface area contributed by atoms with Gasteiger partial charge in [-0.1, -0.05) is 0 Å². The van der Waals surface area contributed by atoms with Crippen LogP contribution in [0.1, 0.15) is 35.3 Å². The molecule has 0 saturated carbocycles. The highest BCUT2D eigenvalue weighted by molar-refractivity contribution is 6.08. The number of nitrogens with zero attached hydrogens (tertiary/aromatic N) is 3. The largest absolute Gasteiger partial charge is 0.383 e. The lowest BCUT2D eigenvalue weighted by atomic mass is 10.2. The Labute approximate surface area is 109 Å². The molecule has 2 aromatic heterocycles. The number of fused-ring (bicyclic) bond motifs is 1. The van der Waals surface area contributed by atoms with Gasteiger partial charge in [-0.25, -0.2) is 9.97 Å². The van der Waals surface area contributed by atoms with Gasteiger partial charge in [-0.3, -0.25) is 4.79 Å². The van der Waals surface area contributed by atoms with E-state index in [4.69, 9.17) is 16.2 Å². The maximum absolute atomic E-state index is 11.5. The van der Waals surface area contributed by atoms with E-state index < -0.39 is 5.91 Å². The number of rotatable bonds is 2. The van der Waals surface area contributed by atoms with Crippen molar-refractivity contribution < 1.29 is 9.53 Å². The Morgan fingerprint density at radius 2 is 2.32 bits per heavy atom. The SMILES string of the molecule is Cc1nc(N)c2c(C(N)=O)cn([C@H]3CCCO3)c2n1. The first kappa shape index (κ1) is 11.9. The van der Waals surface area contributed by atoms with E-state index in [9.17, 15) is 4.79 Å². The smallest absolute Gasteiger partial charge is 0.251 e. The normalized spacial score (nSPS) is 19.1. The summed E-state index contributed by atoms with van der Waals surface area (Å²) < 4.78 is 7.46. The minimum Gasteiger partial charge on any atom is -0.383 e. The van der Waals surface area contributed by atoms with E-state index in [0.717, 1.165) is 12.8 Å². The van der Waals surface area contributed by atoms with Crippen LogP contribution in [-0.2, 0) is 4.74 Å².